The summed E-state index contributed by atoms with van der Waals surface area (Å²) < 4.78 is 34.3. The van der Waals surface area contributed by atoms with E-state index in [0.29, 0.717) is 23.9 Å². The van der Waals surface area contributed by atoms with Crippen LogP contribution in [0.4, 0.5) is 5.69 Å². The van der Waals surface area contributed by atoms with Gasteiger partial charge in [0.05, 0.1) is 17.1 Å². The highest BCUT2D eigenvalue weighted by atomic mass is 32.2. The molecule has 32 heavy (non-hydrogen) atoms. The van der Waals surface area contributed by atoms with Gasteiger partial charge in [-0.3, -0.25) is 9.10 Å². The number of nitrogens with one attached hydrogen (secondary N) is 1. The first-order valence-corrected chi connectivity index (χ1v) is 12.8. The molecule has 2 aromatic rings. The molecule has 0 fully saturated rings. The van der Waals surface area contributed by atoms with E-state index in [1.54, 1.807) is 36.4 Å². The quantitative estimate of drug-likeness (QED) is 0.596. The molecule has 0 aliphatic carbocycles. The monoisotopic (exact) mass is 458 g/mol. The van der Waals surface area contributed by atoms with Gasteiger partial charge in [0, 0.05) is 6.54 Å². The number of amides is 1. The summed E-state index contributed by atoms with van der Waals surface area (Å²) >= 11 is 0. The van der Waals surface area contributed by atoms with Crippen molar-refractivity contribution in [2.45, 2.75) is 64.4 Å². The molecule has 0 saturated heterocycles. The number of rotatable bonds is 9. The minimum absolute atomic E-state index is 0.0656. The van der Waals surface area contributed by atoms with Crippen LogP contribution in [0.5, 0.6) is 5.75 Å². The lowest BCUT2D eigenvalue weighted by molar-refractivity contribution is -0.127. The van der Waals surface area contributed by atoms with Crippen LogP contribution in [0, 0.1) is 19.8 Å². The van der Waals surface area contributed by atoms with Crippen LogP contribution in [-0.4, -0.2) is 33.5 Å². The standard InChI is InChI=1S/C25H34N2O4S/c1-5-7-8-20(6-2)16-26-25(28)24-17-27(22-14-11-19(4)15-23(22)31-24)32(29,30)21-12-9-18(3)10-13-21/h9-15,20,24H,5-8,16-17H2,1-4H3,(H,26,28)/t20-,24-/m0/s1. The van der Waals surface area contributed by atoms with E-state index < -0.39 is 16.1 Å². The number of nitrogens with zero attached hydrogens (tertiary/aromatic N) is 1. The zero-order valence-corrected chi connectivity index (χ0v) is 20.2. The van der Waals surface area contributed by atoms with Crippen LogP contribution in [0.3, 0.4) is 0 Å². The predicted molar refractivity (Wildman–Crippen MR) is 128 cm³/mol. The molecule has 0 bridgehead atoms. The summed E-state index contributed by atoms with van der Waals surface area (Å²) in [5.41, 5.74) is 2.37. The number of hydrogen-bond donors (Lipinski definition) is 1. The van der Waals surface area contributed by atoms with Crippen LogP contribution in [0.25, 0.3) is 0 Å². The zero-order valence-electron chi connectivity index (χ0n) is 19.4. The highest BCUT2D eigenvalue weighted by Gasteiger charge is 2.37. The molecule has 1 aliphatic heterocycles. The van der Waals surface area contributed by atoms with E-state index in [4.69, 9.17) is 4.74 Å². The number of benzene rings is 2. The highest BCUT2D eigenvalue weighted by molar-refractivity contribution is 7.92. The molecule has 2 aromatic carbocycles. The van der Waals surface area contributed by atoms with Crippen molar-refractivity contribution in [2.24, 2.45) is 5.92 Å². The highest BCUT2D eigenvalue weighted by Crippen LogP contribution is 2.37. The Kier molecular flexibility index (Phi) is 7.82. The van der Waals surface area contributed by atoms with Crippen LogP contribution in [0.1, 0.15) is 50.7 Å². The number of hydrogen-bond acceptors (Lipinski definition) is 4. The maximum absolute atomic E-state index is 13.5. The second-order valence-electron chi connectivity index (χ2n) is 8.59. The van der Waals surface area contributed by atoms with E-state index >= 15 is 0 Å². The van der Waals surface area contributed by atoms with E-state index in [-0.39, 0.29) is 17.3 Å². The van der Waals surface area contributed by atoms with Crippen LogP contribution in [-0.2, 0) is 14.8 Å². The lowest BCUT2D eigenvalue weighted by atomic mass is 9.99. The topological polar surface area (TPSA) is 75.7 Å². The van der Waals surface area contributed by atoms with Crippen molar-refractivity contribution in [3.05, 3.63) is 53.6 Å². The first-order valence-electron chi connectivity index (χ1n) is 11.4. The van der Waals surface area contributed by atoms with E-state index in [2.05, 4.69) is 19.2 Å². The van der Waals surface area contributed by atoms with Crippen LogP contribution >= 0.6 is 0 Å². The van der Waals surface area contributed by atoms with Gasteiger partial charge >= 0.3 is 0 Å². The van der Waals surface area contributed by atoms with Crippen molar-refractivity contribution in [1.82, 2.24) is 5.32 Å². The van der Waals surface area contributed by atoms with Crippen molar-refractivity contribution >= 4 is 21.6 Å². The van der Waals surface area contributed by atoms with Crippen molar-refractivity contribution in [1.29, 1.82) is 0 Å². The Hall–Kier alpha value is -2.54. The number of fused-ring (bicyclic) bond motifs is 1. The molecule has 0 saturated carbocycles. The molecule has 6 nitrogen and oxygen atoms in total. The van der Waals surface area contributed by atoms with Crippen molar-refractivity contribution in [3.8, 4) is 5.75 Å². The summed E-state index contributed by atoms with van der Waals surface area (Å²) in [5.74, 6) is 0.533. The molecular weight excluding hydrogens is 424 g/mol. The minimum atomic E-state index is -3.85. The summed E-state index contributed by atoms with van der Waals surface area (Å²) in [6.07, 6.45) is 3.39. The maximum Gasteiger partial charge on any atom is 0.264 e. The average molecular weight is 459 g/mol. The molecule has 1 amide bonds. The van der Waals surface area contributed by atoms with Crippen molar-refractivity contribution in [3.63, 3.8) is 0 Å². The minimum Gasteiger partial charge on any atom is -0.476 e. The van der Waals surface area contributed by atoms with Gasteiger partial charge in [0.15, 0.2) is 6.10 Å². The third-order valence-electron chi connectivity index (χ3n) is 5.99. The van der Waals surface area contributed by atoms with Crippen molar-refractivity contribution < 1.29 is 17.9 Å². The summed E-state index contributed by atoms with van der Waals surface area (Å²) in [6, 6.07) is 12.1. The smallest absolute Gasteiger partial charge is 0.264 e. The number of carbonyl (C=O) groups is 1. The van der Waals surface area contributed by atoms with Gasteiger partial charge in [0.25, 0.3) is 15.9 Å². The van der Waals surface area contributed by atoms with Crippen molar-refractivity contribution in [2.75, 3.05) is 17.4 Å². The van der Waals surface area contributed by atoms with Crippen LogP contribution in [0.15, 0.2) is 47.4 Å². The predicted octanol–water partition coefficient (Wildman–Crippen LogP) is 4.59. The number of ether oxygens (including phenoxy) is 1. The number of aryl methyl sites for hydroxylation is 2. The molecule has 0 aromatic heterocycles. The number of sulfonamides is 1. The Balaban J connectivity index is 1.85. The summed E-state index contributed by atoms with van der Waals surface area (Å²) in [4.78, 5) is 13.2. The van der Waals surface area contributed by atoms with Gasteiger partial charge in [-0.05, 0) is 56.0 Å². The first kappa shape index (κ1) is 24.1. The van der Waals surface area contributed by atoms with E-state index in [1.165, 1.54) is 4.31 Å². The molecule has 1 heterocycles. The normalized spacial score (nSPS) is 16.8. The van der Waals surface area contributed by atoms with Gasteiger partial charge in [0.2, 0.25) is 0 Å². The molecule has 0 spiro atoms. The van der Waals surface area contributed by atoms with Gasteiger partial charge in [-0.2, -0.15) is 0 Å². The van der Waals surface area contributed by atoms with Gasteiger partial charge in [-0.1, -0.05) is 56.9 Å². The van der Waals surface area contributed by atoms with Crippen LogP contribution in [0.2, 0.25) is 0 Å². The lowest BCUT2D eigenvalue weighted by Crippen LogP contribution is -2.51. The van der Waals surface area contributed by atoms with Gasteiger partial charge < -0.3 is 10.1 Å². The Morgan fingerprint density at radius 1 is 1.12 bits per heavy atom. The molecule has 7 heteroatoms. The molecule has 0 unspecified atom stereocenters. The molecule has 174 valence electrons. The number of carbonyl (C=O) groups excluding carboxylic acids is 1. The Labute approximate surface area is 192 Å². The van der Waals surface area contributed by atoms with Crippen LogP contribution < -0.4 is 14.4 Å². The molecule has 2 atom stereocenters. The Bertz CT molecular complexity index is 1030. The third kappa shape index (κ3) is 5.44. The summed E-state index contributed by atoms with van der Waals surface area (Å²) in [7, 11) is -3.85. The summed E-state index contributed by atoms with van der Waals surface area (Å²) in [5, 5.41) is 2.99. The Morgan fingerprint density at radius 3 is 2.47 bits per heavy atom. The molecular formula is C25H34N2O4S. The lowest BCUT2D eigenvalue weighted by Gasteiger charge is -2.35. The van der Waals surface area contributed by atoms with E-state index in [0.717, 1.165) is 36.8 Å². The fourth-order valence-electron chi connectivity index (χ4n) is 3.86. The number of unbranched alkanes of at least 4 members (excludes halogenated alkanes) is 1. The number of anilines is 1. The summed E-state index contributed by atoms with van der Waals surface area (Å²) in [6.45, 7) is 8.60. The fraction of sp³-hybridized carbons (Fsp3) is 0.480. The average Bonchev–Trinajstić information content (AvgIpc) is 2.78. The molecule has 3 rings (SSSR count). The van der Waals surface area contributed by atoms with E-state index in [9.17, 15) is 13.2 Å². The Morgan fingerprint density at radius 2 is 1.81 bits per heavy atom. The van der Waals surface area contributed by atoms with Gasteiger partial charge in [0.1, 0.15) is 5.75 Å². The second kappa shape index (κ2) is 10.4. The van der Waals surface area contributed by atoms with Gasteiger partial charge in [-0.25, -0.2) is 8.42 Å². The fourth-order valence-corrected chi connectivity index (χ4v) is 5.34. The SMILES string of the molecule is CCCC[C@H](CC)CNC(=O)[C@@H]1CN(S(=O)(=O)c2ccc(C)cc2)c2ccc(C)cc2O1. The second-order valence-corrected chi connectivity index (χ2v) is 10.5. The molecule has 0 radical (unpaired) electrons. The zero-order chi connectivity index (χ0) is 23.3. The maximum atomic E-state index is 13.5. The first-order chi connectivity index (χ1) is 15.3. The molecule has 1 N–H and O–H groups in total. The molecule has 1 aliphatic rings. The van der Waals surface area contributed by atoms with E-state index in [1.807, 2.05) is 19.9 Å². The largest absolute Gasteiger partial charge is 0.476 e. The third-order valence-corrected chi connectivity index (χ3v) is 7.79. The van der Waals surface area contributed by atoms with Gasteiger partial charge in [-0.15, -0.1) is 0 Å².